The van der Waals surface area contributed by atoms with Crippen LogP contribution in [0.2, 0.25) is 0 Å². The lowest BCUT2D eigenvalue weighted by Gasteiger charge is -2.62. The van der Waals surface area contributed by atoms with Gasteiger partial charge in [-0.25, -0.2) is 13.1 Å². The van der Waals surface area contributed by atoms with Crippen molar-refractivity contribution in [1.29, 1.82) is 0 Å². The molecule has 2 saturated heterocycles. The van der Waals surface area contributed by atoms with Crippen LogP contribution in [0.15, 0.2) is 34.2 Å². The molecule has 1 unspecified atom stereocenters. The number of sulfonamides is 1. The predicted molar refractivity (Wildman–Crippen MR) is 131 cm³/mol. The number of benzene rings is 1. The van der Waals surface area contributed by atoms with Gasteiger partial charge in [-0.15, -0.1) is 24.0 Å². The largest absolute Gasteiger partial charge is 0.377 e. The second-order valence-electron chi connectivity index (χ2n) is 9.06. The zero-order valence-corrected chi connectivity index (χ0v) is 21.7. The molecule has 0 aliphatic carbocycles. The maximum atomic E-state index is 12.5. The van der Waals surface area contributed by atoms with Gasteiger partial charge in [0.2, 0.25) is 10.0 Å². The van der Waals surface area contributed by atoms with Crippen LogP contribution in [-0.4, -0.2) is 57.7 Å². The fraction of sp³-hybridized carbons (Fsp3) is 0.667. The molecular weight excluding hydrogens is 515 g/mol. The topological polar surface area (TPSA) is 83.0 Å². The van der Waals surface area contributed by atoms with Crippen LogP contribution >= 0.6 is 24.0 Å². The molecule has 0 saturated carbocycles. The summed E-state index contributed by atoms with van der Waals surface area (Å²) in [6.45, 7) is 11.6. The van der Waals surface area contributed by atoms with Gasteiger partial charge in [0, 0.05) is 44.2 Å². The Hall–Kier alpha value is -0.910. The van der Waals surface area contributed by atoms with E-state index in [1.807, 2.05) is 12.1 Å². The van der Waals surface area contributed by atoms with E-state index in [4.69, 9.17) is 4.74 Å². The molecule has 7 nitrogen and oxygen atoms in total. The molecule has 0 amide bonds. The Morgan fingerprint density at radius 1 is 1.23 bits per heavy atom. The van der Waals surface area contributed by atoms with Crippen LogP contribution in [0.1, 0.15) is 46.1 Å². The number of guanidine groups is 1. The van der Waals surface area contributed by atoms with Gasteiger partial charge in [0.05, 0.1) is 11.0 Å². The zero-order valence-electron chi connectivity index (χ0n) is 18.6. The Kier molecular flexibility index (Phi) is 8.20. The summed E-state index contributed by atoms with van der Waals surface area (Å²) in [6.07, 6.45) is 1.87. The minimum atomic E-state index is -3.52. The first-order chi connectivity index (χ1) is 13.6. The molecule has 0 aromatic heterocycles. The quantitative estimate of drug-likeness (QED) is 0.324. The van der Waals surface area contributed by atoms with Gasteiger partial charge in [0.15, 0.2) is 5.96 Å². The third kappa shape index (κ3) is 5.28. The number of ether oxygens (including phenoxy) is 1. The maximum absolute atomic E-state index is 12.5. The molecule has 3 rings (SSSR count). The summed E-state index contributed by atoms with van der Waals surface area (Å²) >= 11 is 0. The average Bonchev–Trinajstić information content (AvgIpc) is 3.20. The Morgan fingerprint density at radius 3 is 2.40 bits per heavy atom. The number of likely N-dealkylation sites (tertiary alicyclic amines) is 1. The second kappa shape index (κ2) is 9.70. The van der Waals surface area contributed by atoms with Crippen LogP contribution in [0.3, 0.4) is 0 Å². The minimum Gasteiger partial charge on any atom is -0.377 e. The highest BCUT2D eigenvalue weighted by Gasteiger charge is 2.53. The summed E-state index contributed by atoms with van der Waals surface area (Å²) in [5.74, 6) is 0.865. The molecule has 170 valence electrons. The van der Waals surface area contributed by atoms with Crippen molar-refractivity contribution in [1.82, 2.24) is 14.9 Å². The molecule has 30 heavy (non-hydrogen) atoms. The minimum absolute atomic E-state index is 0. The third-order valence-corrected chi connectivity index (χ3v) is 8.00. The highest BCUT2D eigenvalue weighted by atomic mass is 127. The van der Waals surface area contributed by atoms with Crippen molar-refractivity contribution < 1.29 is 13.2 Å². The first kappa shape index (κ1) is 25.4. The summed E-state index contributed by atoms with van der Waals surface area (Å²) in [4.78, 5) is 6.97. The molecule has 0 spiro atoms. The third-order valence-electron chi connectivity index (χ3n) is 6.56. The van der Waals surface area contributed by atoms with E-state index in [9.17, 15) is 8.42 Å². The Morgan fingerprint density at radius 2 is 1.90 bits per heavy atom. The lowest BCUT2D eigenvalue weighted by Crippen LogP contribution is -2.72. The Bertz CT molecular complexity index is 848. The van der Waals surface area contributed by atoms with E-state index in [2.05, 4.69) is 47.6 Å². The monoisotopic (exact) mass is 550 g/mol. The van der Waals surface area contributed by atoms with Crippen LogP contribution in [0.25, 0.3) is 0 Å². The van der Waals surface area contributed by atoms with E-state index < -0.39 is 10.0 Å². The molecule has 1 atom stereocenters. The van der Waals surface area contributed by atoms with Crippen LogP contribution in [0.4, 0.5) is 0 Å². The number of aliphatic imine (C=N–C) groups is 1. The fourth-order valence-electron chi connectivity index (χ4n) is 3.75. The number of nitrogens with zero attached hydrogens (tertiary/aromatic N) is 2. The Balaban J connectivity index is 0.00000320. The molecule has 2 aliphatic heterocycles. The van der Waals surface area contributed by atoms with E-state index in [-0.39, 0.29) is 45.9 Å². The fourth-order valence-corrected chi connectivity index (χ4v) is 4.82. The highest BCUT2D eigenvalue weighted by Crippen LogP contribution is 2.46. The molecule has 2 aliphatic rings. The van der Waals surface area contributed by atoms with Gasteiger partial charge >= 0.3 is 0 Å². The molecule has 0 bridgehead atoms. The van der Waals surface area contributed by atoms with Gasteiger partial charge in [-0.05, 0) is 44.4 Å². The van der Waals surface area contributed by atoms with Crippen molar-refractivity contribution in [2.75, 3.05) is 26.7 Å². The smallest absolute Gasteiger partial charge is 0.240 e. The average molecular weight is 551 g/mol. The van der Waals surface area contributed by atoms with Crippen LogP contribution in [0.5, 0.6) is 0 Å². The summed E-state index contributed by atoms with van der Waals surface area (Å²) in [7, 11) is -1.73. The normalized spacial score (nSPS) is 22.9. The number of rotatable bonds is 6. The maximum Gasteiger partial charge on any atom is 0.240 e. The molecule has 9 heteroatoms. The summed E-state index contributed by atoms with van der Waals surface area (Å²) in [6, 6.07) is 6.97. The molecule has 1 aromatic carbocycles. The van der Waals surface area contributed by atoms with Gasteiger partial charge in [-0.1, -0.05) is 26.0 Å². The van der Waals surface area contributed by atoms with Gasteiger partial charge in [0.1, 0.15) is 0 Å². The molecule has 1 aromatic rings. The number of hydrogen-bond donors (Lipinski definition) is 2. The van der Waals surface area contributed by atoms with Crippen molar-refractivity contribution in [3.8, 4) is 0 Å². The Labute approximate surface area is 198 Å². The van der Waals surface area contributed by atoms with Gasteiger partial charge in [-0.2, -0.15) is 0 Å². The van der Waals surface area contributed by atoms with Crippen molar-refractivity contribution in [2.45, 2.75) is 63.6 Å². The van der Waals surface area contributed by atoms with E-state index >= 15 is 0 Å². The molecular formula is C21H35IN4O3S. The standard InChI is InChI=1S/C21H34N4O3S.HI/c1-20(2)15-25(21(20,3)4)19(22-5)23-13-16-8-10-18(11-9-16)29(26,27)24-14-17-7-6-12-28-17;/h8-11,17,24H,6-7,12-15H2,1-5H3,(H,22,23);1H. The first-order valence-corrected chi connectivity index (χ1v) is 11.7. The molecule has 0 radical (unpaired) electrons. The van der Waals surface area contributed by atoms with Gasteiger partial charge in [0.25, 0.3) is 0 Å². The first-order valence-electron chi connectivity index (χ1n) is 10.3. The van der Waals surface area contributed by atoms with Crippen LogP contribution in [-0.2, 0) is 21.3 Å². The predicted octanol–water partition coefficient (Wildman–Crippen LogP) is 2.96. The number of halogens is 1. The van der Waals surface area contributed by atoms with Crippen molar-refractivity contribution in [2.24, 2.45) is 10.4 Å². The number of nitrogens with one attached hydrogen (secondary N) is 2. The lowest BCUT2D eigenvalue weighted by molar-refractivity contribution is -0.0667. The highest BCUT2D eigenvalue weighted by molar-refractivity contribution is 14.0. The lowest BCUT2D eigenvalue weighted by atomic mass is 9.65. The second-order valence-corrected chi connectivity index (χ2v) is 10.8. The van der Waals surface area contributed by atoms with E-state index in [1.165, 1.54) is 0 Å². The summed E-state index contributed by atoms with van der Waals surface area (Å²) < 4.78 is 33.1. The van der Waals surface area contributed by atoms with Crippen molar-refractivity contribution in [3.05, 3.63) is 29.8 Å². The van der Waals surface area contributed by atoms with E-state index in [0.29, 0.717) is 19.7 Å². The van der Waals surface area contributed by atoms with Crippen molar-refractivity contribution in [3.63, 3.8) is 0 Å². The van der Waals surface area contributed by atoms with E-state index in [0.717, 1.165) is 30.9 Å². The summed E-state index contributed by atoms with van der Waals surface area (Å²) in [5, 5.41) is 3.40. The van der Waals surface area contributed by atoms with Gasteiger partial charge in [-0.3, -0.25) is 4.99 Å². The molecule has 2 heterocycles. The van der Waals surface area contributed by atoms with Crippen LogP contribution in [0, 0.1) is 5.41 Å². The summed E-state index contributed by atoms with van der Waals surface area (Å²) in [5.41, 5.74) is 1.26. The SMILES string of the molecule is CN=C(NCc1ccc(S(=O)(=O)NCC2CCCO2)cc1)N1CC(C)(C)C1(C)C.I. The van der Waals surface area contributed by atoms with E-state index in [1.54, 1.807) is 19.2 Å². The molecule has 2 fully saturated rings. The van der Waals surface area contributed by atoms with Crippen LogP contribution < -0.4 is 10.0 Å². The van der Waals surface area contributed by atoms with Gasteiger partial charge < -0.3 is 15.0 Å². The molecule has 2 N–H and O–H groups in total. The van der Waals surface area contributed by atoms with Crippen molar-refractivity contribution >= 4 is 40.0 Å². The zero-order chi connectivity index (χ0) is 21.3. The number of hydrogen-bond acceptors (Lipinski definition) is 4.